The van der Waals surface area contributed by atoms with Crippen molar-refractivity contribution < 1.29 is 9.84 Å². The molecule has 0 radical (unpaired) electrons. The lowest BCUT2D eigenvalue weighted by atomic mass is 10.2. The monoisotopic (exact) mass is 238 g/mol. The molecular weight excluding hydrogens is 228 g/mol. The molecule has 2 rings (SSSR count). The number of aryl methyl sites for hydroxylation is 1. The Morgan fingerprint density at radius 2 is 2.25 bits per heavy atom. The average molecular weight is 239 g/mol. The predicted octanol–water partition coefficient (Wildman–Crippen LogP) is 2.36. The molecule has 0 fully saturated rings. The summed E-state index contributed by atoms with van der Waals surface area (Å²) in [5.41, 5.74) is 0.681. The first-order valence-electron chi connectivity index (χ1n) is 4.75. The van der Waals surface area contributed by atoms with Crippen LogP contribution in [-0.4, -0.2) is 14.9 Å². The summed E-state index contributed by atoms with van der Waals surface area (Å²) in [5, 5.41) is 13.4. The van der Waals surface area contributed by atoms with E-state index in [-0.39, 0.29) is 6.61 Å². The van der Waals surface area contributed by atoms with E-state index in [1.54, 1.807) is 35.3 Å². The molecular formula is C11H11ClN2O2. The quantitative estimate of drug-likeness (QED) is 0.893. The second-order valence-electron chi connectivity index (χ2n) is 3.36. The summed E-state index contributed by atoms with van der Waals surface area (Å²) in [4.78, 5) is 0. The van der Waals surface area contributed by atoms with E-state index in [0.717, 1.165) is 0 Å². The van der Waals surface area contributed by atoms with E-state index in [0.29, 0.717) is 22.1 Å². The van der Waals surface area contributed by atoms with Gasteiger partial charge in [0.25, 0.3) is 0 Å². The van der Waals surface area contributed by atoms with E-state index in [4.69, 9.17) is 21.4 Å². The molecule has 5 heteroatoms. The van der Waals surface area contributed by atoms with Crippen LogP contribution in [0, 0.1) is 0 Å². The highest BCUT2D eigenvalue weighted by atomic mass is 35.5. The molecule has 2 aromatic rings. The van der Waals surface area contributed by atoms with Crippen molar-refractivity contribution in [3.8, 4) is 11.5 Å². The number of rotatable bonds is 3. The maximum absolute atomic E-state index is 8.96. The molecule has 0 unspecified atom stereocenters. The number of benzene rings is 1. The molecule has 1 heterocycles. The van der Waals surface area contributed by atoms with Crippen molar-refractivity contribution in [3.63, 3.8) is 0 Å². The molecule has 0 aliphatic carbocycles. The summed E-state index contributed by atoms with van der Waals surface area (Å²) < 4.78 is 7.18. The van der Waals surface area contributed by atoms with Crippen LogP contribution in [0.2, 0.25) is 5.02 Å². The molecule has 0 spiro atoms. The van der Waals surface area contributed by atoms with Crippen molar-refractivity contribution in [3.05, 3.63) is 41.2 Å². The lowest BCUT2D eigenvalue weighted by molar-refractivity contribution is 0.282. The standard InChI is InChI=1S/C11H11ClN2O2/c1-14-6-10(5-13-14)16-9-3-2-8(7-15)11(12)4-9/h2-6,15H,7H2,1H3. The Morgan fingerprint density at radius 1 is 1.44 bits per heavy atom. The fourth-order valence-electron chi connectivity index (χ4n) is 1.31. The summed E-state index contributed by atoms with van der Waals surface area (Å²) in [6.07, 6.45) is 3.38. The zero-order valence-electron chi connectivity index (χ0n) is 8.72. The summed E-state index contributed by atoms with van der Waals surface area (Å²) >= 11 is 5.94. The summed E-state index contributed by atoms with van der Waals surface area (Å²) in [5.74, 6) is 1.27. The number of ether oxygens (including phenoxy) is 1. The van der Waals surface area contributed by atoms with Gasteiger partial charge in [0.2, 0.25) is 0 Å². The highest BCUT2D eigenvalue weighted by molar-refractivity contribution is 6.31. The molecule has 0 atom stereocenters. The normalized spacial score (nSPS) is 10.4. The number of nitrogens with zero attached hydrogens (tertiary/aromatic N) is 2. The largest absolute Gasteiger partial charge is 0.454 e. The minimum absolute atomic E-state index is 0.0774. The van der Waals surface area contributed by atoms with Crippen molar-refractivity contribution in [2.75, 3.05) is 0 Å². The Kier molecular flexibility index (Phi) is 3.12. The van der Waals surface area contributed by atoms with Crippen molar-refractivity contribution >= 4 is 11.6 Å². The molecule has 0 aliphatic heterocycles. The van der Waals surface area contributed by atoms with Crippen LogP contribution in [0.3, 0.4) is 0 Å². The lowest BCUT2D eigenvalue weighted by Gasteiger charge is -2.05. The first-order valence-corrected chi connectivity index (χ1v) is 5.12. The van der Waals surface area contributed by atoms with Gasteiger partial charge in [-0.3, -0.25) is 4.68 Å². The molecule has 0 aliphatic rings. The van der Waals surface area contributed by atoms with Crippen LogP contribution in [-0.2, 0) is 13.7 Å². The second-order valence-corrected chi connectivity index (χ2v) is 3.77. The zero-order valence-corrected chi connectivity index (χ0v) is 9.48. The molecule has 0 amide bonds. The van der Waals surface area contributed by atoms with E-state index in [2.05, 4.69) is 5.10 Å². The molecule has 0 bridgehead atoms. The molecule has 0 saturated heterocycles. The van der Waals surface area contributed by atoms with Gasteiger partial charge < -0.3 is 9.84 Å². The van der Waals surface area contributed by atoms with Crippen molar-refractivity contribution in [1.29, 1.82) is 0 Å². The number of aliphatic hydroxyl groups excluding tert-OH is 1. The Balaban J connectivity index is 2.19. The molecule has 84 valence electrons. The van der Waals surface area contributed by atoms with Gasteiger partial charge in [-0.25, -0.2) is 0 Å². The molecule has 1 aromatic carbocycles. The van der Waals surface area contributed by atoms with Crippen LogP contribution in [0.5, 0.6) is 11.5 Å². The molecule has 1 aromatic heterocycles. The van der Waals surface area contributed by atoms with E-state index in [9.17, 15) is 0 Å². The predicted molar refractivity (Wildman–Crippen MR) is 60.7 cm³/mol. The van der Waals surface area contributed by atoms with Crippen molar-refractivity contribution in [1.82, 2.24) is 9.78 Å². The summed E-state index contributed by atoms with van der Waals surface area (Å²) in [6.45, 7) is -0.0774. The van der Waals surface area contributed by atoms with Gasteiger partial charge in [0.15, 0.2) is 5.75 Å². The van der Waals surface area contributed by atoms with Crippen LogP contribution in [0.25, 0.3) is 0 Å². The van der Waals surface area contributed by atoms with E-state index in [1.165, 1.54) is 0 Å². The topological polar surface area (TPSA) is 47.3 Å². The van der Waals surface area contributed by atoms with Crippen LogP contribution in [0.15, 0.2) is 30.6 Å². The van der Waals surface area contributed by atoms with Gasteiger partial charge in [-0.15, -0.1) is 0 Å². The zero-order chi connectivity index (χ0) is 11.5. The number of hydrogen-bond acceptors (Lipinski definition) is 3. The first-order chi connectivity index (χ1) is 7.69. The number of aliphatic hydroxyl groups is 1. The van der Waals surface area contributed by atoms with Gasteiger partial charge in [0.05, 0.1) is 19.0 Å². The second kappa shape index (κ2) is 4.55. The van der Waals surface area contributed by atoms with Crippen LogP contribution < -0.4 is 4.74 Å². The maximum atomic E-state index is 8.96. The van der Waals surface area contributed by atoms with Crippen LogP contribution >= 0.6 is 11.6 Å². The first kappa shape index (κ1) is 11.0. The van der Waals surface area contributed by atoms with Gasteiger partial charge in [-0.05, 0) is 17.7 Å². The Hall–Kier alpha value is -1.52. The van der Waals surface area contributed by atoms with Gasteiger partial charge >= 0.3 is 0 Å². The molecule has 16 heavy (non-hydrogen) atoms. The molecule has 1 N–H and O–H groups in total. The highest BCUT2D eigenvalue weighted by Gasteiger charge is 2.03. The Bertz CT molecular complexity index is 496. The minimum atomic E-state index is -0.0774. The fraction of sp³-hybridized carbons (Fsp3) is 0.182. The average Bonchev–Trinajstić information content (AvgIpc) is 2.64. The lowest BCUT2D eigenvalue weighted by Crippen LogP contribution is -1.87. The number of halogens is 1. The van der Waals surface area contributed by atoms with Gasteiger partial charge in [0.1, 0.15) is 5.75 Å². The third kappa shape index (κ3) is 2.35. The van der Waals surface area contributed by atoms with Crippen molar-refractivity contribution in [2.45, 2.75) is 6.61 Å². The Labute approximate surface area is 98.0 Å². The summed E-state index contributed by atoms with van der Waals surface area (Å²) in [6, 6.07) is 5.15. The molecule has 4 nitrogen and oxygen atoms in total. The van der Waals surface area contributed by atoms with Crippen molar-refractivity contribution in [2.24, 2.45) is 7.05 Å². The van der Waals surface area contributed by atoms with Crippen LogP contribution in [0.4, 0.5) is 0 Å². The third-order valence-electron chi connectivity index (χ3n) is 2.11. The van der Waals surface area contributed by atoms with E-state index >= 15 is 0 Å². The minimum Gasteiger partial charge on any atom is -0.454 e. The van der Waals surface area contributed by atoms with Gasteiger partial charge in [-0.2, -0.15) is 5.10 Å². The van der Waals surface area contributed by atoms with E-state index in [1.807, 2.05) is 7.05 Å². The fourth-order valence-corrected chi connectivity index (χ4v) is 1.54. The summed E-state index contributed by atoms with van der Waals surface area (Å²) in [7, 11) is 1.81. The number of aromatic nitrogens is 2. The van der Waals surface area contributed by atoms with Gasteiger partial charge in [0, 0.05) is 12.1 Å². The maximum Gasteiger partial charge on any atom is 0.165 e. The van der Waals surface area contributed by atoms with Crippen LogP contribution in [0.1, 0.15) is 5.56 Å². The number of hydrogen-bond donors (Lipinski definition) is 1. The highest BCUT2D eigenvalue weighted by Crippen LogP contribution is 2.26. The SMILES string of the molecule is Cn1cc(Oc2ccc(CO)c(Cl)c2)cn1. The van der Waals surface area contributed by atoms with Gasteiger partial charge in [-0.1, -0.05) is 17.7 Å². The smallest absolute Gasteiger partial charge is 0.165 e. The van der Waals surface area contributed by atoms with E-state index < -0.39 is 0 Å². The third-order valence-corrected chi connectivity index (χ3v) is 2.46. The molecule has 0 saturated carbocycles. The Morgan fingerprint density at radius 3 is 2.81 bits per heavy atom.